The summed E-state index contributed by atoms with van der Waals surface area (Å²) in [6, 6.07) is 0. The minimum atomic E-state index is 0. The summed E-state index contributed by atoms with van der Waals surface area (Å²) in [6.07, 6.45) is 6.00. The predicted molar refractivity (Wildman–Crippen MR) is 63.6 cm³/mol. The average molecular weight is 311 g/mol. The van der Waals surface area contributed by atoms with E-state index in [9.17, 15) is 0 Å². The molecule has 0 atom stereocenters. The molecule has 4 N–H and O–H groups in total. The van der Waals surface area contributed by atoms with Crippen LogP contribution in [0.5, 0.6) is 0 Å². The second-order valence-electron chi connectivity index (χ2n) is 1.39. The van der Waals surface area contributed by atoms with Crippen LogP contribution in [0.3, 0.4) is 0 Å². The van der Waals surface area contributed by atoms with Crippen LogP contribution < -0.4 is 41.0 Å². The van der Waals surface area contributed by atoms with Crippen LogP contribution in [0, 0.1) is 0 Å². The molecule has 8 heteroatoms. The Labute approximate surface area is 142 Å². The predicted octanol–water partition coefficient (Wildman–Crippen LogP) is -3.63. The van der Waals surface area contributed by atoms with Gasteiger partial charge in [0, 0.05) is 13.1 Å². The van der Waals surface area contributed by atoms with Gasteiger partial charge in [-0.05, 0) is 0 Å². The first-order chi connectivity index (χ1) is 7.57. The number of rotatable bonds is 1. The molecule has 6 nitrogen and oxygen atoms in total. The van der Waals surface area contributed by atoms with Gasteiger partial charge in [-0.1, -0.05) is 0 Å². The largest absolute Gasteiger partial charge is 3.00 e. The van der Waals surface area contributed by atoms with Gasteiger partial charge in [-0.3, -0.25) is 25.1 Å². The zero-order valence-electron chi connectivity index (χ0n) is 11.6. The van der Waals surface area contributed by atoms with Crippen LogP contribution >= 0.6 is 0 Å². The van der Waals surface area contributed by atoms with Gasteiger partial charge in [0.05, 0.1) is 0 Å². The van der Waals surface area contributed by atoms with Gasteiger partial charge in [0.2, 0.25) is 0 Å². The molecular formula is C10H20FeN2NaO4. The van der Waals surface area contributed by atoms with E-state index in [1.807, 2.05) is 0 Å². The minimum absolute atomic E-state index is 0. The Morgan fingerprint density at radius 1 is 0.667 bits per heavy atom. The maximum Gasteiger partial charge on any atom is 3.00 e. The molecule has 0 spiro atoms. The number of hydrogen-bond donors (Lipinski definition) is 2. The topological polar surface area (TPSA) is 120 Å². The SMILES string of the molecule is C[C-]=O.C[C-]=O.C[C-]=O.C[C-]=O.NCCN.[Fe+3].[Na+]. The van der Waals surface area contributed by atoms with Gasteiger partial charge >= 0.3 is 46.6 Å². The van der Waals surface area contributed by atoms with E-state index in [1.54, 1.807) is 0 Å². The summed E-state index contributed by atoms with van der Waals surface area (Å²) in [5.74, 6) is 0. The van der Waals surface area contributed by atoms with Crippen LogP contribution in [0.1, 0.15) is 27.7 Å². The molecule has 0 saturated heterocycles. The van der Waals surface area contributed by atoms with Gasteiger partial charge in [-0.15, -0.1) is 0 Å². The molecule has 0 aliphatic carbocycles. The number of nitrogens with two attached hydrogens (primary N) is 2. The maximum absolute atomic E-state index is 8.68. The Kier molecular flexibility index (Phi) is 283. The minimum Gasteiger partial charge on any atom is -0.542 e. The van der Waals surface area contributed by atoms with Crippen LogP contribution in [-0.2, 0) is 36.2 Å². The molecule has 0 unspecified atom stereocenters. The Morgan fingerprint density at radius 2 is 0.722 bits per heavy atom. The van der Waals surface area contributed by atoms with Gasteiger partial charge in [0.15, 0.2) is 0 Å². The third-order valence-corrected chi connectivity index (χ3v) is 0.167. The van der Waals surface area contributed by atoms with Gasteiger partial charge in [0.1, 0.15) is 0 Å². The van der Waals surface area contributed by atoms with E-state index >= 15 is 0 Å². The summed E-state index contributed by atoms with van der Waals surface area (Å²) < 4.78 is 0. The van der Waals surface area contributed by atoms with Gasteiger partial charge < -0.3 is 30.6 Å². The van der Waals surface area contributed by atoms with Gasteiger partial charge in [-0.2, -0.15) is 27.7 Å². The second kappa shape index (κ2) is 119. The molecule has 0 aromatic rings. The van der Waals surface area contributed by atoms with Gasteiger partial charge in [-0.25, -0.2) is 0 Å². The van der Waals surface area contributed by atoms with E-state index in [1.165, 1.54) is 52.8 Å². The molecule has 0 aliphatic rings. The van der Waals surface area contributed by atoms with E-state index < -0.39 is 0 Å². The molecule has 18 heavy (non-hydrogen) atoms. The zero-order valence-corrected chi connectivity index (χ0v) is 14.7. The molecular weight excluding hydrogens is 291 g/mol. The Balaban J connectivity index is -0.0000000164. The molecule has 0 bridgehead atoms. The van der Waals surface area contributed by atoms with Crippen molar-refractivity contribution < 1.29 is 65.8 Å². The summed E-state index contributed by atoms with van der Waals surface area (Å²) in [5.41, 5.74) is 9.81. The molecule has 0 fully saturated rings. The van der Waals surface area contributed by atoms with Crippen LogP contribution in [0.2, 0.25) is 0 Å². The molecule has 0 saturated carbocycles. The molecule has 0 aromatic heterocycles. The van der Waals surface area contributed by atoms with E-state index in [0.717, 1.165) is 0 Å². The van der Waals surface area contributed by atoms with Gasteiger partial charge in [0.25, 0.3) is 0 Å². The zero-order chi connectivity index (χ0) is 14.2. The van der Waals surface area contributed by atoms with E-state index in [-0.39, 0.29) is 46.6 Å². The van der Waals surface area contributed by atoms with Crippen molar-refractivity contribution in [2.75, 3.05) is 13.1 Å². The maximum atomic E-state index is 8.68. The first-order valence-electron chi connectivity index (χ1n) is 4.13. The number of hydrogen-bond acceptors (Lipinski definition) is 6. The van der Waals surface area contributed by atoms with E-state index in [2.05, 4.69) is 0 Å². The molecule has 0 amide bonds. The third kappa shape index (κ3) is 2940. The standard InChI is InChI=1S/C2H8N2.4C2H3O.Fe.Na/c3-1-2-4;4*1-2-3;;/h1-4H2;4*1H3;;/q;4*-1;+3;+1. The van der Waals surface area contributed by atoms with Crippen molar-refractivity contribution >= 4 is 25.1 Å². The van der Waals surface area contributed by atoms with Crippen molar-refractivity contribution in [1.29, 1.82) is 0 Å². The molecule has 103 valence electrons. The van der Waals surface area contributed by atoms with Crippen molar-refractivity contribution in [3.05, 3.63) is 0 Å². The summed E-state index contributed by atoms with van der Waals surface area (Å²) in [7, 11) is 0. The first-order valence-corrected chi connectivity index (χ1v) is 4.13. The Bertz CT molecular complexity index is 104. The Morgan fingerprint density at radius 3 is 0.722 bits per heavy atom. The second-order valence-corrected chi connectivity index (χ2v) is 1.39. The smallest absolute Gasteiger partial charge is 0.542 e. The molecule has 0 aliphatic heterocycles. The summed E-state index contributed by atoms with van der Waals surface area (Å²) in [5, 5.41) is 0. The third-order valence-electron chi connectivity index (χ3n) is 0.167. The average Bonchev–Trinajstić information content (AvgIpc) is 2.22. The van der Waals surface area contributed by atoms with E-state index in [0.29, 0.717) is 13.1 Å². The molecule has 0 aromatic carbocycles. The monoisotopic (exact) mass is 311 g/mol. The summed E-state index contributed by atoms with van der Waals surface area (Å²) in [4.78, 5) is 34.7. The van der Waals surface area contributed by atoms with Crippen LogP contribution in [0.4, 0.5) is 0 Å². The van der Waals surface area contributed by atoms with Crippen molar-refractivity contribution in [2.24, 2.45) is 11.5 Å². The fraction of sp³-hybridized carbons (Fsp3) is 0.600. The van der Waals surface area contributed by atoms with Crippen molar-refractivity contribution in [1.82, 2.24) is 0 Å². The van der Waals surface area contributed by atoms with Crippen LogP contribution in [0.25, 0.3) is 0 Å². The summed E-state index contributed by atoms with van der Waals surface area (Å²) in [6.45, 7) is 6.47. The van der Waals surface area contributed by atoms with E-state index in [4.69, 9.17) is 30.6 Å². The van der Waals surface area contributed by atoms with Crippen LogP contribution in [0.15, 0.2) is 0 Å². The number of carbonyl (C=O) groups excluding carboxylic acids is 4. The van der Waals surface area contributed by atoms with Crippen LogP contribution in [-0.4, -0.2) is 38.2 Å². The fourth-order valence-electron chi connectivity index (χ4n) is 0. The normalized spacial score (nSPS) is 4.56. The fourth-order valence-corrected chi connectivity index (χ4v) is 0. The van der Waals surface area contributed by atoms with Crippen molar-refractivity contribution in [3.8, 4) is 0 Å². The Hall–Kier alpha value is 0.119. The van der Waals surface area contributed by atoms with Crippen molar-refractivity contribution in [2.45, 2.75) is 27.7 Å². The first kappa shape index (κ1) is 42.9. The molecule has 0 rings (SSSR count). The summed E-state index contributed by atoms with van der Waals surface area (Å²) >= 11 is 0. The van der Waals surface area contributed by atoms with Crippen molar-refractivity contribution in [3.63, 3.8) is 0 Å². The molecule has 0 heterocycles. The molecule has 1 radical (unpaired) electrons. The quantitative estimate of drug-likeness (QED) is 0.381.